The molecule has 0 fully saturated rings. The Kier molecular flexibility index (Phi) is 6.54. The molecule has 0 aromatic carbocycles. The Balaban J connectivity index is 0.000000238. The molecular formula is C34H37IrN3S-2. The fraction of sp³-hybridized carbons (Fsp3) is 0.324. The van der Waals surface area contributed by atoms with Crippen molar-refractivity contribution in [1.82, 2.24) is 9.97 Å². The average Bonchev–Trinajstić information content (AvgIpc) is 3.36. The molecule has 0 saturated heterocycles. The number of allylic oxidation sites excluding steroid dienone is 5. The molecule has 1 aliphatic heterocycles. The molecule has 39 heavy (non-hydrogen) atoms. The van der Waals surface area contributed by atoms with Crippen molar-refractivity contribution in [2.45, 2.75) is 73.0 Å². The van der Waals surface area contributed by atoms with Gasteiger partial charge in [-0.1, -0.05) is 83.5 Å². The second kappa shape index (κ2) is 12.6. The second-order valence-corrected chi connectivity index (χ2v) is 11.0. The van der Waals surface area contributed by atoms with Crippen LogP contribution >= 0.6 is 11.3 Å². The second-order valence-electron chi connectivity index (χ2n) is 10.0. The fourth-order valence-corrected chi connectivity index (χ4v) is 5.95. The van der Waals surface area contributed by atoms with Crippen molar-refractivity contribution >= 4 is 44.5 Å². The number of aryl methyl sites for hydroxylation is 2. The van der Waals surface area contributed by atoms with E-state index in [0.29, 0.717) is 28.5 Å². The van der Waals surface area contributed by atoms with Crippen LogP contribution in [0.3, 0.4) is 0 Å². The number of fused-ring (bicyclic) bond motifs is 3. The van der Waals surface area contributed by atoms with Crippen LogP contribution in [0.2, 0.25) is 0 Å². The maximum Gasteiger partial charge on any atom is 0.111 e. The van der Waals surface area contributed by atoms with Gasteiger partial charge in [0.2, 0.25) is 0 Å². The molecule has 3 nitrogen and oxygen atoms in total. The molecule has 3 aromatic rings. The molecule has 0 saturated carbocycles. The predicted octanol–water partition coefficient (Wildman–Crippen LogP) is 7.73. The number of pyridine rings is 2. The van der Waals surface area contributed by atoms with E-state index in [0.717, 1.165) is 27.3 Å². The van der Waals surface area contributed by atoms with Crippen LogP contribution in [0.4, 0.5) is 0 Å². The molecule has 2 atom stereocenters. The van der Waals surface area contributed by atoms with Crippen LogP contribution in [0.1, 0.15) is 92.7 Å². The van der Waals surface area contributed by atoms with E-state index >= 15 is 0 Å². The van der Waals surface area contributed by atoms with Crippen molar-refractivity contribution in [2.24, 2.45) is 4.99 Å². The minimum Gasteiger partial charge on any atom is -0.325 e. The van der Waals surface area contributed by atoms with Crippen molar-refractivity contribution < 1.29 is 31.1 Å². The zero-order valence-electron chi connectivity index (χ0n) is 30.5. The van der Waals surface area contributed by atoms with Crippen LogP contribution < -0.4 is 9.75 Å². The molecule has 5 heteroatoms. The zero-order valence-corrected chi connectivity index (χ0v) is 25.7. The Hall–Kier alpha value is -2.72. The van der Waals surface area contributed by atoms with E-state index in [2.05, 4.69) is 67.3 Å². The number of aliphatic imine (C=N–C) groups is 1. The normalized spacial score (nSPS) is 23.7. The van der Waals surface area contributed by atoms with Gasteiger partial charge in [-0.25, -0.2) is 4.98 Å². The van der Waals surface area contributed by atoms with E-state index in [9.17, 15) is 0 Å². The van der Waals surface area contributed by atoms with Gasteiger partial charge in [0.25, 0.3) is 0 Å². The first-order valence-electron chi connectivity index (χ1n) is 17.0. The Bertz CT molecular complexity index is 1920. The summed E-state index contributed by atoms with van der Waals surface area (Å²) in [5.74, 6) is 0.544. The van der Waals surface area contributed by atoms with Crippen molar-refractivity contribution in [3.8, 4) is 0 Å². The maximum atomic E-state index is 8.43. The quantitative estimate of drug-likeness (QED) is 0.260. The van der Waals surface area contributed by atoms with Crippen LogP contribution in [0, 0.1) is 26.6 Å². The Morgan fingerprint density at radius 1 is 1.08 bits per heavy atom. The largest absolute Gasteiger partial charge is 0.325 e. The summed E-state index contributed by atoms with van der Waals surface area (Å²) >= 11 is 1.32. The van der Waals surface area contributed by atoms with Crippen LogP contribution in [0.15, 0.2) is 58.9 Å². The number of nitrogens with zero attached hydrogens (tertiary/aromatic N) is 3. The molecule has 0 N–H and O–H groups in total. The van der Waals surface area contributed by atoms with Gasteiger partial charge in [-0.05, 0) is 57.2 Å². The number of aromatic nitrogens is 2. The van der Waals surface area contributed by atoms with E-state index < -0.39 is 26.5 Å². The van der Waals surface area contributed by atoms with Crippen molar-refractivity contribution in [3.63, 3.8) is 0 Å². The Labute approximate surface area is 261 Å². The Morgan fingerprint density at radius 2 is 1.95 bits per heavy atom. The number of rotatable bonds is 3. The van der Waals surface area contributed by atoms with E-state index in [4.69, 9.17) is 11.0 Å². The maximum absolute atomic E-state index is 8.43. The molecule has 0 amide bonds. The summed E-state index contributed by atoms with van der Waals surface area (Å²) in [6.45, 7) is 4.00. The van der Waals surface area contributed by atoms with Gasteiger partial charge >= 0.3 is 0 Å². The van der Waals surface area contributed by atoms with Gasteiger partial charge in [-0.3, -0.25) is 0 Å². The van der Waals surface area contributed by atoms with E-state index in [-0.39, 0.29) is 31.4 Å². The molecule has 2 aliphatic carbocycles. The third kappa shape index (κ3) is 6.54. The monoisotopic (exact) mass is 720 g/mol. The summed E-state index contributed by atoms with van der Waals surface area (Å²) in [7, 11) is 0. The third-order valence-electron chi connectivity index (χ3n) is 6.78. The fourth-order valence-electron chi connectivity index (χ4n) is 4.72. The van der Waals surface area contributed by atoms with Crippen LogP contribution in [0.25, 0.3) is 27.4 Å². The average molecular weight is 720 g/mol. The standard InChI is InChI=1S/C18H17N2S.C16H20N.Ir/c1-11-6-9-16(19-10-11)15-5-3-4-13-14-8-7-12(2)20-18(14)21-17(13)15;1-11(2)15-10-17-16(9-13(15)4)14-7-5-12(3)6-8-14;/h4-5,7-8,10H,3,6,9H2,1-2H3;5,7-11H,6H2,1-4H3;/q2*-1;/i1D3,2D3,6D,9D;;. The summed E-state index contributed by atoms with van der Waals surface area (Å²) in [5, 5.41) is 1.75. The third-order valence-corrected chi connectivity index (χ3v) is 7.93. The van der Waals surface area contributed by atoms with Crippen LogP contribution in [-0.4, -0.2) is 15.7 Å². The summed E-state index contributed by atoms with van der Waals surface area (Å²) in [6.07, 6.45) is 13.0. The molecule has 0 bridgehead atoms. The van der Waals surface area contributed by atoms with Gasteiger partial charge in [0.1, 0.15) is 4.83 Å². The molecule has 2 unspecified atom stereocenters. The molecule has 3 aromatic heterocycles. The van der Waals surface area contributed by atoms with Gasteiger partial charge in [0, 0.05) is 54.5 Å². The Morgan fingerprint density at radius 3 is 2.67 bits per heavy atom. The zero-order chi connectivity index (χ0) is 33.6. The summed E-state index contributed by atoms with van der Waals surface area (Å²) < 4.78 is 62.8. The van der Waals surface area contributed by atoms with Crippen molar-refractivity contribution in [1.29, 1.82) is 0 Å². The topological polar surface area (TPSA) is 38.1 Å². The smallest absolute Gasteiger partial charge is 0.111 e. The van der Waals surface area contributed by atoms with E-state index in [1.807, 2.05) is 18.7 Å². The predicted molar refractivity (Wildman–Crippen MR) is 165 cm³/mol. The first-order chi connectivity index (χ1) is 21.6. The first kappa shape index (κ1) is 20.2. The molecule has 3 aliphatic rings. The minimum atomic E-state index is -2.45. The molecule has 205 valence electrons. The van der Waals surface area contributed by atoms with Crippen LogP contribution in [-0.2, 0) is 20.1 Å². The molecular weight excluding hydrogens is 675 g/mol. The number of thiophene rings is 1. The van der Waals surface area contributed by atoms with Gasteiger partial charge in [-0.15, -0.1) is 6.08 Å². The summed E-state index contributed by atoms with van der Waals surface area (Å²) in [5.41, 5.74) is 7.37. The van der Waals surface area contributed by atoms with E-state index in [1.165, 1.54) is 45.9 Å². The van der Waals surface area contributed by atoms with Crippen molar-refractivity contribution in [3.05, 3.63) is 99.0 Å². The number of hydrogen-bond acceptors (Lipinski definition) is 4. The van der Waals surface area contributed by atoms with Gasteiger partial charge in [0.15, 0.2) is 0 Å². The van der Waals surface area contributed by atoms with Gasteiger partial charge in [-0.2, -0.15) is 41.4 Å². The van der Waals surface area contributed by atoms with Gasteiger partial charge < -0.3 is 9.98 Å². The minimum absolute atomic E-state index is 0. The molecule has 6 rings (SSSR count). The van der Waals surface area contributed by atoms with Gasteiger partial charge in [0.05, 0.1) is 0 Å². The first-order valence-corrected chi connectivity index (χ1v) is 13.7. The summed E-state index contributed by atoms with van der Waals surface area (Å²) in [4.78, 5) is 13.7. The molecule has 4 heterocycles. The SMILES string of the molecule is CC1=CC=C(c2cc(C)c(C(C)C)cn2)[CH-]C1.[2H]C1C(C([2H])([2H])[2H])=CN=C(C2=c3sc4nc(C([2H])([2H])[2H])ccc4c3=CC[CH-]2)C1[2H].[Ir]. The molecule has 0 spiro atoms. The van der Waals surface area contributed by atoms with E-state index in [1.54, 1.807) is 6.07 Å². The van der Waals surface area contributed by atoms with Crippen LogP contribution in [0.5, 0.6) is 0 Å². The van der Waals surface area contributed by atoms with Crippen molar-refractivity contribution in [2.75, 3.05) is 0 Å². The molecule has 1 radical (unpaired) electrons. The number of hydrogen-bond donors (Lipinski definition) is 0. The summed E-state index contributed by atoms with van der Waals surface area (Å²) in [6, 6.07) is 5.45.